The SMILES string of the molecule is O=C(c1cc(Cl)c(C(=O)N2C(=O)c3c(Cl)c(Cl)c(Cl)c(Cl)c3C2=O)c(Cl)c1)N1C(=O)c2c(Cl)c(Cl)c(Cl)c(Cl)c2C1=O. The molecule has 0 radical (unpaired) electrons. The lowest BCUT2D eigenvalue weighted by Gasteiger charge is -2.16. The van der Waals surface area contributed by atoms with Gasteiger partial charge in [0.15, 0.2) is 0 Å². The molecule has 0 fully saturated rings. The van der Waals surface area contributed by atoms with Crippen LogP contribution in [0.5, 0.6) is 0 Å². The van der Waals surface area contributed by atoms with Gasteiger partial charge in [0.1, 0.15) is 0 Å². The van der Waals surface area contributed by atoms with E-state index >= 15 is 0 Å². The Kier molecular flexibility index (Phi) is 8.25. The number of carbonyl (C=O) groups excluding carboxylic acids is 6. The van der Waals surface area contributed by atoms with Gasteiger partial charge in [-0.15, -0.1) is 0 Å². The minimum atomic E-state index is -1.32. The maximum absolute atomic E-state index is 13.4. The summed E-state index contributed by atoms with van der Waals surface area (Å²) in [5, 5.41) is -4.01. The molecule has 0 unspecified atom stereocenters. The zero-order valence-corrected chi connectivity index (χ0v) is 26.8. The lowest BCUT2D eigenvalue weighted by Crippen LogP contribution is -2.37. The Balaban J connectivity index is 1.53. The second kappa shape index (κ2) is 11.0. The molecular formula is C24H2Cl10N2O6. The van der Waals surface area contributed by atoms with Gasteiger partial charge in [0.25, 0.3) is 35.4 Å². The molecule has 0 aromatic heterocycles. The van der Waals surface area contributed by atoms with Crippen molar-refractivity contribution in [2.75, 3.05) is 0 Å². The molecule has 2 heterocycles. The molecule has 18 heteroatoms. The van der Waals surface area contributed by atoms with E-state index in [4.69, 9.17) is 116 Å². The molecule has 0 saturated carbocycles. The number of nitrogens with zero attached hydrogens (tertiary/aromatic N) is 2. The number of rotatable bonds is 2. The standard InChI is InChI=1S/C24H2Cl10N2O6/c25-4-1-3(19(37)35-21(39)7-8(22(35)40)12(28)16(32)15(31)11(7)27)2-5(26)6(4)20(38)36-23(41)9-10(24(36)42)14(30)18(34)17(33)13(9)29/h1-2H. The second-order valence-electron chi connectivity index (χ2n) is 8.33. The summed E-state index contributed by atoms with van der Waals surface area (Å²) in [6.07, 6.45) is 0. The molecule has 6 amide bonds. The van der Waals surface area contributed by atoms with Gasteiger partial charge in [-0.3, -0.25) is 28.8 Å². The Hall–Kier alpha value is -1.82. The molecule has 2 aliphatic heterocycles. The smallest absolute Gasteiger partial charge is 0.268 e. The van der Waals surface area contributed by atoms with Crippen LogP contribution in [0.3, 0.4) is 0 Å². The molecule has 0 atom stereocenters. The number of halogens is 10. The van der Waals surface area contributed by atoms with Crippen LogP contribution in [0.25, 0.3) is 0 Å². The predicted octanol–water partition coefficient (Wildman–Crippen LogP) is 9.09. The van der Waals surface area contributed by atoms with Crippen LogP contribution in [-0.2, 0) is 0 Å². The van der Waals surface area contributed by atoms with E-state index < -0.39 is 99.0 Å². The first-order valence-corrected chi connectivity index (χ1v) is 14.4. The summed E-state index contributed by atoms with van der Waals surface area (Å²) in [5.41, 5.74) is -2.91. The third-order valence-corrected chi connectivity index (χ3v) is 10.3. The maximum atomic E-state index is 13.4. The van der Waals surface area contributed by atoms with E-state index in [0.29, 0.717) is 0 Å². The first-order valence-electron chi connectivity index (χ1n) is 10.6. The number of amides is 6. The fraction of sp³-hybridized carbons (Fsp3) is 0. The average Bonchev–Trinajstić information content (AvgIpc) is 3.35. The molecular weight excluding hydrogens is 767 g/mol. The molecule has 42 heavy (non-hydrogen) atoms. The van der Waals surface area contributed by atoms with Gasteiger partial charge in [-0.2, -0.15) is 0 Å². The highest BCUT2D eigenvalue weighted by atomic mass is 35.5. The molecule has 0 bridgehead atoms. The van der Waals surface area contributed by atoms with Gasteiger partial charge in [0, 0.05) is 5.56 Å². The van der Waals surface area contributed by atoms with E-state index in [2.05, 4.69) is 0 Å². The van der Waals surface area contributed by atoms with E-state index in [1.807, 2.05) is 0 Å². The quantitative estimate of drug-likeness (QED) is 0.146. The third-order valence-electron chi connectivity index (χ3n) is 6.11. The fourth-order valence-corrected chi connectivity index (χ4v) is 6.89. The summed E-state index contributed by atoms with van der Waals surface area (Å²) >= 11 is 60.9. The van der Waals surface area contributed by atoms with Gasteiger partial charge in [0.2, 0.25) is 0 Å². The van der Waals surface area contributed by atoms with E-state index in [-0.39, 0.29) is 29.9 Å². The van der Waals surface area contributed by atoms with Gasteiger partial charge < -0.3 is 0 Å². The molecule has 2 aliphatic rings. The average molecular weight is 769 g/mol. The van der Waals surface area contributed by atoms with Crippen molar-refractivity contribution in [1.29, 1.82) is 0 Å². The van der Waals surface area contributed by atoms with Crippen LogP contribution in [0.15, 0.2) is 12.1 Å². The first-order chi connectivity index (χ1) is 19.5. The van der Waals surface area contributed by atoms with Gasteiger partial charge in [0.05, 0.1) is 78.0 Å². The zero-order valence-electron chi connectivity index (χ0n) is 19.3. The van der Waals surface area contributed by atoms with Crippen molar-refractivity contribution in [3.63, 3.8) is 0 Å². The molecule has 214 valence electrons. The number of carbonyl (C=O) groups is 6. The van der Waals surface area contributed by atoms with Crippen molar-refractivity contribution in [3.8, 4) is 0 Å². The summed E-state index contributed by atoms with van der Waals surface area (Å²) < 4.78 is 0. The summed E-state index contributed by atoms with van der Waals surface area (Å²) in [6.45, 7) is 0. The number of fused-ring (bicyclic) bond motifs is 2. The number of benzene rings is 3. The molecule has 0 saturated heterocycles. The van der Waals surface area contributed by atoms with Crippen molar-refractivity contribution in [2.45, 2.75) is 0 Å². The normalized spacial score (nSPS) is 14.2. The summed E-state index contributed by atoms with van der Waals surface area (Å²) in [6, 6.07) is 1.75. The lowest BCUT2D eigenvalue weighted by molar-refractivity contribution is 0.0540. The highest BCUT2D eigenvalue weighted by molar-refractivity contribution is 6.57. The molecule has 0 spiro atoms. The Labute approximate surface area is 283 Å². The largest absolute Gasteiger partial charge is 0.270 e. The van der Waals surface area contributed by atoms with E-state index in [9.17, 15) is 28.8 Å². The maximum Gasteiger partial charge on any atom is 0.270 e. The van der Waals surface area contributed by atoms with Gasteiger partial charge in [-0.1, -0.05) is 116 Å². The minimum absolute atomic E-state index is 0.158. The van der Waals surface area contributed by atoms with Crippen molar-refractivity contribution in [3.05, 3.63) is 95.7 Å². The highest BCUT2D eigenvalue weighted by Gasteiger charge is 2.47. The monoisotopic (exact) mass is 764 g/mol. The number of hydrogen-bond acceptors (Lipinski definition) is 6. The topological polar surface area (TPSA) is 109 Å². The molecule has 0 N–H and O–H groups in total. The van der Waals surface area contributed by atoms with Crippen LogP contribution >= 0.6 is 116 Å². The van der Waals surface area contributed by atoms with Crippen molar-refractivity contribution < 1.29 is 28.8 Å². The van der Waals surface area contributed by atoms with Crippen molar-refractivity contribution >= 4 is 151 Å². The van der Waals surface area contributed by atoms with Gasteiger partial charge in [-0.25, -0.2) is 9.80 Å². The number of hydrogen-bond donors (Lipinski definition) is 0. The Bertz CT molecular complexity index is 1810. The summed E-state index contributed by atoms with van der Waals surface area (Å²) in [5.74, 6) is -7.31. The molecule has 0 aliphatic carbocycles. The molecule has 3 aromatic rings. The minimum Gasteiger partial charge on any atom is -0.268 e. The molecule has 3 aromatic carbocycles. The van der Waals surface area contributed by atoms with Gasteiger partial charge in [-0.05, 0) is 12.1 Å². The highest BCUT2D eigenvalue weighted by Crippen LogP contribution is 2.47. The van der Waals surface area contributed by atoms with Crippen molar-refractivity contribution in [1.82, 2.24) is 9.80 Å². The zero-order chi connectivity index (χ0) is 31.3. The molecule has 5 rings (SSSR count). The number of imide groups is 6. The first kappa shape index (κ1) is 31.6. The van der Waals surface area contributed by atoms with E-state index in [1.165, 1.54) is 0 Å². The Morgan fingerprint density at radius 2 is 0.690 bits per heavy atom. The van der Waals surface area contributed by atoms with Crippen LogP contribution < -0.4 is 0 Å². The Morgan fingerprint density at radius 1 is 0.429 bits per heavy atom. The van der Waals surface area contributed by atoms with Crippen LogP contribution in [0.4, 0.5) is 0 Å². The van der Waals surface area contributed by atoms with Gasteiger partial charge >= 0.3 is 0 Å². The van der Waals surface area contributed by atoms with Crippen LogP contribution in [-0.4, -0.2) is 45.2 Å². The Morgan fingerprint density at radius 3 is 0.976 bits per heavy atom. The van der Waals surface area contributed by atoms with Crippen LogP contribution in [0, 0.1) is 0 Å². The predicted molar refractivity (Wildman–Crippen MR) is 159 cm³/mol. The lowest BCUT2D eigenvalue weighted by atomic mass is 10.1. The third kappa shape index (κ3) is 4.35. The molecule has 8 nitrogen and oxygen atoms in total. The fourth-order valence-electron chi connectivity index (χ4n) is 4.21. The van der Waals surface area contributed by atoms with E-state index in [1.54, 1.807) is 0 Å². The second-order valence-corrected chi connectivity index (χ2v) is 12.2. The van der Waals surface area contributed by atoms with Crippen molar-refractivity contribution in [2.24, 2.45) is 0 Å². The van der Waals surface area contributed by atoms with E-state index in [0.717, 1.165) is 12.1 Å². The summed E-state index contributed by atoms with van der Waals surface area (Å²) in [4.78, 5) is 79.4. The summed E-state index contributed by atoms with van der Waals surface area (Å²) in [7, 11) is 0. The van der Waals surface area contributed by atoms with Crippen LogP contribution in [0.2, 0.25) is 50.2 Å². The van der Waals surface area contributed by atoms with Crippen LogP contribution in [0.1, 0.15) is 62.1 Å².